The highest BCUT2D eigenvalue weighted by Gasteiger charge is 2.31. The Morgan fingerprint density at radius 2 is 2.21 bits per heavy atom. The zero-order valence-electron chi connectivity index (χ0n) is 13.2. The van der Waals surface area contributed by atoms with Crippen molar-refractivity contribution >= 4 is 41.3 Å². The topological polar surface area (TPSA) is 32.3 Å². The Labute approximate surface area is 156 Å². The Balaban J connectivity index is 0.00000208. The number of carbonyl (C=O) groups excluding carboxylic acids is 1. The van der Waals surface area contributed by atoms with Gasteiger partial charge in [0.25, 0.3) is 0 Å². The minimum absolute atomic E-state index is 0. The van der Waals surface area contributed by atoms with Gasteiger partial charge in [-0.15, -0.1) is 23.7 Å². The van der Waals surface area contributed by atoms with Crippen molar-refractivity contribution in [3.05, 3.63) is 57.0 Å². The number of amides is 1. The summed E-state index contributed by atoms with van der Waals surface area (Å²) in [7, 11) is 0. The molecule has 2 unspecified atom stereocenters. The first-order valence-corrected chi connectivity index (χ1v) is 8.77. The van der Waals surface area contributed by atoms with Gasteiger partial charge in [0, 0.05) is 24.5 Å². The summed E-state index contributed by atoms with van der Waals surface area (Å²) in [5.74, 6) is -0.473. The van der Waals surface area contributed by atoms with Crippen molar-refractivity contribution in [3.8, 4) is 0 Å². The fraction of sp³-hybridized carbons (Fsp3) is 0.353. The lowest BCUT2D eigenvalue weighted by Gasteiger charge is -2.38. The number of rotatable bonds is 3. The molecular weight excluding hydrogens is 370 g/mol. The van der Waals surface area contributed by atoms with E-state index in [1.807, 2.05) is 30.0 Å². The molecule has 1 aliphatic heterocycles. The molecule has 1 aliphatic rings. The molecule has 2 aromatic rings. The molecule has 0 spiro atoms. The van der Waals surface area contributed by atoms with E-state index in [4.69, 9.17) is 11.6 Å². The van der Waals surface area contributed by atoms with E-state index < -0.39 is 0 Å². The van der Waals surface area contributed by atoms with E-state index >= 15 is 0 Å². The SMILES string of the molecule is CC(C(=O)N1CCNCC1c1cccc(F)c1)c1ccc(Cl)s1.Cl. The number of hydrogen-bond acceptors (Lipinski definition) is 3. The van der Waals surface area contributed by atoms with Crippen molar-refractivity contribution in [1.29, 1.82) is 0 Å². The Hall–Kier alpha value is -1.14. The number of piperazine rings is 1. The summed E-state index contributed by atoms with van der Waals surface area (Å²) in [5.41, 5.74) is 0.821. The molecule has 7 heteroatoms. The average molecular weight is 389 g/mol. The smallest absolute Gasteiger partial charge is 0.231 e. The molecule has 1 saturated heterocycles. The van der Waals surface area contributed by atoms with Crippen molar-refractivity contribution in [3.63, 3.8) is 0 Å². The molecule has 0 bridgehead atoms. The van der Waals surface area contributed by atoms with Crippen LogP contribution in [-0.2, 0) is 4.79 Å². The molecule has 0 aliphatic carbocycles. The van der Waals surface area contributed by atoms with Gasteiger partial charge in [0.1, 0.15) is 5.82 Å². The Morgan fingerprint density at radius 1 is 1.42 bits per heavy atom. The molecule has 0 saturated carbocycles. The number of thiophene rings is 1. The minimum atomic E-state index is -0.279. The van der Waals surface area contributed by atoms with Crippen LogP contribution in [0.1, 0.15) is 29.3 Å². The van der Waals surface area contributed by atoms with E-state index in [-0.39, 0.29) is 36.1 Å². The molecule has 24 heavy (non-hydrogen) atoms. The molecule has 1 amide bonds. The van der Waals surface area contributed by atoms with Crippen LogP contribution < -0.4 is 5.32 Å². The van der Waals surface area contributed by atoms with Gasteiger partial charge in [0.15, 0.2) is 0 Å². The van der Waals surface area contributed by atoms with Gasteiger partial charge in [0.2, 0.25) is 5.91 Å². The highest BCUT2D eigenvalue weighted by molar-refractivity contribution is 7.16. The first-order valence-electron chi connectivity index (χ1n) is 7.58. The molecule has 3 rings (SSSR count). The predicted octanol–water partition coefficient (Wildman–Crippen LogP) is 4.24. The molecule has 1 aromatic carbocycles. The van der Waals surface area contributed by atoms with E-state index in [1.165, 1.54) is 23.5 Å². The summed E-state index contributed by atoms with van der Waals surface area (Å²) in [4.78, 5) is 15.8. The number of hydrogen-bond donors (Lipinski definition) is 1. The lowest BCUT2D eigenvalue weighted by molar-refractivity contribution is -0.135. The zero-order valence-corrected chi connectivity index (χ0v) is 15.6. The van der Waals surface area contributed by atoms with Gasteiger partial charge in [-0.05, 0) is 36.8 Å². The molecular formula is C17H19Cl2FN2OS. The maximum absolute atomic E-state index is 13.5. The van der Waals surface area contributed by atoms with Crippen LogP contribution >= 0.6 is 35.3 Å². The number of benzene rings is 1. The third-order valence-electron chi connectivity index (χ3n) is 4.15. The van der Waals surface area contributed by atoms with Crippen LogP contribution in [0.25, 0.3) is 0 Å². The first kappa shape index (κ1) is 19.2. The van der Waals surface area contributed by atoms with Gasteiger partial charge in [-0.25, -0.2) is 4.39 Å². The highest BCUT2D eigenvalue weighted by Crippen LogP contribution is 2.32. The van der Waals surface area contributed by atoms with E-state index in [1.54, 1.807) is 6.07 Å². The maximum Gasteiger partial charge on any atom is 0.231 e. The fourth-order valence-corrected chi connectivity index (χ4v) is 4.02. The van der Waals surface area contributed by atoms with Gasteiger partial charge >= 0.3 is 0 Å². The lowest BCUT2D eigenvalue weighted by Crippen LogP contribution is -2.49. The van der Waals surface area contributed by atoms with Crippen LogP contribution in [0.3, 0.4) is 0 Å². The van der Waals surface area contributed by atoms with Crippen LogP contribution in [0.5, 0.6) is 0 Å². The quantitative estimate of drug-likeness (QED) is 0.852. The molecule has 3 nitrogen and oxygen atoms in total. The van der Waals surface area contributed by atoms with Gasteiger partial charge in [0.05, 0.1) is 16.3 Å². The second-order valence-electron chi connectivity index (χ2n) is 5.67. The minimum Gasteiger partial charge on any atom is -0.333 e. The standard InChI is InChI=1S/C17H18ClFN2OS.ClH/c1-11(15-5-6-16(18)23-15)17(22)21-8-7-20-10-14(21)12-3-2-4-13(19)9-12;/h2-6,9,11,14,20H,7-8,10H2,1H3;1H. The van der Waals surface area contributed by atoms with Crippen LogP contribution in [0.15, 0.2) is 36.4 Å². The largest absolute Gasteiger partial charge is 0.333 e. The van der Waals surface area contributed by atoms with Crippen molar-refractivity contribution in [1.82, 2.24) is 10.2 Å². The average Bonchev–Trinajstić information content (AvgIpc) is 3.00. The molecule has 2 heterocycles. The third kappa shape index (κ3) is 4.09. The normalized spacial score (nSPS) is 18.8. The molecule has 1 fully saturated rings. The van der Waals surface area contributed by atoms with Gasteiger partial charge in [-0.2, -0.15) is 0 Å². The summed E-state index contributed by atoms with van der Waals surface area (Å²) < 4.78 is 14.2. The summed E-state index contributed by atoms with van der Waals surface area (Å²) >= 11 is 7.41. The van der Waals surface area contributed by atoms with Crippen LogP contribution in [0.2, 0.25) is 4.34 Å². The van der Waals surface area contributed by atoms with Gasteiger partial charge in [-0.1, -0.05) is 23.7 Å². The highest BCUT2D eigenvalue weighted by atomic mass is 35.5. The Morgan fingerprint density at radius 3 is 2.88 bits per heavy atom. The predicted molar refractivity (Wildman–Crippen MR) is 98.7 cm³/mol. The van der Waals surface area contributed by atoms with E-state index in [9.17, 15) is 9.18 Å². The van der Waals surface area contributed by atoms with Crippen molar-refractivity contribution in [2.75, 3.05) is 19.6 Å². The summed E-state index contributed by atoms with van der Waals surface area (Å²) in [5, 5.41) is 3.29. The number of carbonyl (C=O) groups is 1. The van der Waals surface area contributed by atoms with Crippen molar-refractivity contribution in [2.45, 2.75) is 18.9 Å². The molecule has 1 N–H and O–H groups in total. The number of nitrogens with one attached hydrogen (secondary N) is 1. The lowest BCUT2D eigenvalue weighted by atomic mass is 10.00. The van der Waals surface area contributed by atoms with E-state index in [0.29, 0.717) is 17.4 Å². The van der Waals surface area contributed by atoms with Crippen LogP contribution in [0, 0.1) is 5.82 Å². The molecule has 1 aromatic heterocycles. The van der Waals surface area contributed by atoms with Gasteiger partial charge in [-0.3, -0.25) is 4.79 Å². The fourth-order valence-electron chi connectivity index (χ4n) is 2.91. The molecule has 2 atom stereocenters. The monoisotopic (exact) mass is 388 g/mol. The number of nitrogens with zero attached hydrogens (tertiary/aromatic N) is 1. The molecule has 130 valence electrons. The second kappa shape index (κ2) is 8.30. The van der Waals surface area contributed by atoms with Crippen molar-refractivity contribution < 1.29 is 9.18 Å². The van der Waals surface area contributed by atoms with Gasteiger partial charge < -0.3 is 10.2 Å². The van der Waals surface area contributed by atoms with Crippen molar-refractivity contribution in [2.24, 2.45) is 0 Å². The summed E-state index contributed by atoms with van der Waals surface area (Å²) in [6.45, 7) is 3.89. The Bertz CT molecular complexity index is 709. The van der Waals surface area contributed by atoms with Crippen LogP contribution in [-0.4, -0.2) is 30.4 Å². The maximum atomic E-state index is 13.5. The van der Waals surface area contributed by atoms with Crippen LogP contribution in [0.4, 0.5) is 4.39 Å². The van der Waals surface area contributed by atoms with E-state index in [0.717, 1.165) is 17.0 Å². The third-order valence-corrected chi connectivity index (χ3v) is 5.56. The van der Waals surface area contributed by atoms with E-state index in [2.05, 4.69) is 5.32 Å². The summed E-state index contributed by atoms with van der Waals surface area (Å²) in [6, 6.07) is 10.0. The second-order valence-corrected chi connectivity index (χ2v) is 7.42. The molecule has 0 radical (unpaired) electrons. The Kier molecular flexibility index (Phi) is 6.63. The number of halogens is 3. The zero-order chi connectivity index (χ0) is 16.4. The summed E-state index contributed by atoms with van der Waals surface area (Å²) in [6.07, 6.45) is 0. The first-order chi connectivity index (χ1) is 11.1.